The van der Waals surface area contributed by atoms with E-state index in [1.807, 2.05) is 0 Å². The average Bonchev–Trinajstić information content (AvgIpc) is 3.46. The fraction of sp³-hybridized carbons (Fsp3) is 0.826. The molecule has 0 unspecified atom stereocenters. The van der Waals surface area contributed by atoms with Crippen LogP contribution in [0.4, 0.5) is 0 Å². The molecule has 0 aromatic rings. The van der Waals surface area contributed by atoms with Gasteiger partial charge in [-0.25, -0.2) is 0 Å². The Kier molecular flexibility index (Phi) is 14.8. The monoisotopic (exact) mass is 378 g/mol. The molecule has 0 aliphatic heterocycles. The Morgan fingerprint density at radius 3 is 2.04 bits per heavy atom. The van der Waals surface area contributed by atoms with E-state index in [2.05, 4.69) is 29.7 Å². The molecule has 1 fully saturated rings. The average molecular weight is 379 g/mol. The summed E-state index contributed by atoms with van der Waals surface area (Å²) in [7, 11) is 0. The van der Waals surface area contributed by atoms with Gasteiger partial charge in [-0.3, -0.25) is 9.59 Å². The number of unbranched alkanes of at least 4 members (excludes halogenated alkanes) is 9. The molecule has 2 amide bonds. The highest BCUT2D eigenvalue weighted by Gasteiger charge is 2.22. The molecular weight excluding hydrogens is 336 g/mol. The van der Waals surface area contributed by atoms with Gasteiger partial charge in [0.2, 0.25) is 11.8 Å². The number of carbonyl (C=O) groups is 2. The molecule has 1 rings (SSSR count). The third-order valence-corrected chi connectivity index (χ3v) is 5.01. The van der Waals surface area contributed by atoms with Crippen molar-refractivity contribution in [1.29, 1.82) is 0 Å². The van der Waals surface area contributed by atoms with E-state index in [4.69, 9.17) is 0 Å². The maximum Gasteiger partial charge on any atom is 0.220 e. The molecule has 0 heterocycles. The Hall–Kier alpha value is -1.32. The van der Waals surface area contributed by atoms with E-state index in [9.17, 15) is 9.59 Å². The number of hydrogen-bond acceptors (Lipinski definition) is 2. The second kappa shape index (κ2) is 16.8. The van der Waals surface area contributed by atoms with Crippen molar-refractivity contribution < 1.29 is 9.59 Å². The van der Waals surface area contributed by atoms with Crippen molar-refractivity contribution in [3.63, 3.8) is 0 Å². The molecule has 0 bridgehead atoms. The van der Waals surface area contributed by atoms with E-state index in [0.717, 1.165) is 51.5 Å². The van der Waals surface area contributed by atoms with E-state index in [-0.39, 0.29) is 11.8 Å². The fourth-order valence-corrected chi connectivity index (χ4v) is 3.08. The first-order valence-electron chi connectivity index (χ1n) is 11.4. The van der Waals surface area contributed by atoms with Crippen molar-refractivity contribution in [2.24, 2.45) is 0 Å². The van der Waals surface area contributed by atoms with Crippen LogP contribution in [0.2, 0.25) is 0 Å². The number of nitrogens with one attached hydrogen (secondary N) is 2. The number of amides is 2. The van der Waals surface area contributed by atoms with E-state index in [0.29, 0.717) is 18.9 Å². The molecule has 0 aromatic carbocycles. The molecule has 1 aliphatic carbocycles. The summed E-state index contributed by atoms with van der Waals surface area (Å²) in [6.07, 6.45) is 22.1. The summed E-state index contributed by atoms with van der Waals surface area (Å²) in [5.74, 6) is 0.459. The molecule has 1 aliphatic rings. The highest BCUT2D eigenvalue weighted by Crippen LogP contribution is 2.19. The minimum absolute atomic E-state index is 0.215. The first-order valence-corrected chi connectivity index (χ1v) is 11.4. The predicted molar refractivity (Wildman–Crippen MR) is 114 cm³/mol. The van der Waals surface area contributed by atoms with Crippen LogP contribution in [0.25, 0.3) is 0 Å². The molecule has 2 N–H and O–H groups in total. The van der Waals surface area contributed by atoms with Gasteiger partial charge in [-0.15, -0.1) is 0 Å². The molecular formula is C23H42N2O2. The van der Waals surface area contributed by atoms with Gasteiger partial charge in [0.25, 0.3) is 0 Å². The highest BCUT2D eigenvalue weighted by atomic mass is 16.2. The number of carbonyl (C=O) groups excluding carboxylic acids is 2. The van der Waals surface area contributed by atoms with Crippen molar-refractivity contribution >= 4 is 11.8 Å². The number of hydrogen-bond donors (Lipinski definition) is 2. The Labute approximate surface area is 166 Å². The van der Waals surface area contributed by atoms with Crippen molar-refractivity contribution in [1.82, 2.24) is 10.6 Å². The molecule has 4 nitrogen and oxygen atoms in total. The van der Waals surface area contributed by atoms with Gasteiger partial charge in [-0.1, -0.05) is 51.2 Å². The molecule has 156 valence electrons. The van der Waals surface area contributed by atoms with Crippen LogP contribution in [0.5, 0.6) is 0 Å². The van der Waals surface area contributed by atoms with Gasteiger partial charge in [0.05, 0.1) is 0 Å². The summed E-state index contributed by atoms with van der Waals surface area (Å²) in [4.78, 5) is 23.1. The van der Waals surface area contributed by atoms with Gasteiger partial charge in [0, 0.05) is 25.4 Å². The first-order chi connectivity index (χ1) is 13.2. The molecule has 4 heteroatoms. The van der Waals surface area contributed by atoms with Gasteiger partial charge in [-0.05, 0) is 57.8 Å². The molecule has 0 aromatic heterocycles. The first kappa shape index (κ1) is 23.7. The lowest BCUT2D eigenvalue weighted by Gasteiger charge is -2.04. The van der Waals surface area contributed by atoms with Crippen molar-refractivity contribution in [2.45, 2.75) is 116 Å². The maximum atomic E-state index is 11.6. The summed E-state index contributed by atoms with van der Waals surface area (Å²) >= 11 is 0. The van der Waals surface area contributed by atoms with E-state index in [1.165, 1.54) is 44.9 Å². The van der Waals surface area contributed by atoms with Crippen LogP contribution in [-0.2, 0) is 9.59 Å². The zero-order chi connectivity index (χ0) is 19.6. The number of rotatable bonds is 18. The zero-order valence-corrected chi connectivity index (χ0v) is 17.6. The van der Waals surface area contributed by atoms with Gasteiger partial charge in [-0.2, -0.15) is 0 Å². The number of allylic oxidation sites excluding steroid dienone is 2. The maximum absolute atomic E-state index is 11.6. The summed E-state index contributed by atoms with van der Waals surface area (Å²) < 4.78 is 0. The third-order valence-electron chi connectivity index (χ3n) is 5.01. The molecule has 1 saturated carbocycles. The van der Waals surface area contributed by atoms with E-state index in [1.54, 1.807) is 0 Å². The topological polar surface area (TPSA) is 58.2 Å². The molecule has 0 atom stereocenters. The SMILES string of the molecule is CCCCCC(=O)NCCCCCC=CCCCCCCC(=O)NC1CC1. The second-order valence-corrected chi connectivity index (χ2v) is 7.92. The van der Waals surface area contributed by atoms with Crippen molar-refractivity contribution in [3.8, 4) is 0 Å². The quantitative estimate of drug-likeness (QED) is 0.247. The normalized spacial score (nSPS) is 13.8. The van der Waals surface area contributed by atoms with Gasteiger partial charge < -0.3 is 10.6 Å². The van der Waals surface area contributed by atoms with Crippen LogP contribution in [0.15, 0.2) is 12.2 Å². The van der Waals surface area contributed by atoms with Crippen LogP contribution in [0, 0.1) is 0 Å². The Morgan fingerprint density at radius 2 is 1.37 bits per heavy atom. The lowest BCUT2D eigenvalue weighted by Crippen LogP contribution is -2.24. The highest BCUT2D eigenvalue weighted by molar-refractivity contribution is 5.76. The van der Waals surface area contributed by atoms with Crippen LogP contribution in [-0.4, -0.2) is 24.4 Å². The Balaban J connectivity index is 1.75. The standard InChI is InChI=1S/C23H42N2O2/c1-2-3-13-16-22(26)24-20-15-12-10-8-6-4-5-7-9-11-14-17-23(27)25-21-18-19-21/h4,6,21H,2-3,5,7-20H2,1H3,(H,24,26)(H,25,27). The smallest absolute Gasteiger partial charge is 0.220 e. The summed E-state index contributed by atoms with van der Waals surface area (Å²) in [5, 5.41) is 6.06. The summed E-state index contributed by atoms with van der Waals surface area (Å²) in [6, 6.07) is 0.497. The predicted octanol–water partition coefficient (Wildman–Crippen LogP) is 5.42. The van der Waals surface area contributed by atoms with Gasteiger partial charge in [0.1, 0.15) is 0 Å². The summed E-state index contributed by atoms with van der Waals surface area (Å²) in [5.41, 5.74) is 0. The molecule has 27 heavy (non-hydrogen) atoms. The largest absolute Gasteiger partial charge is 0.356 e. The van der Waals surface area contributed by atoms with Crippen LogP contribution >= 0.6 is 0 Å². The van der Waals surface area contributed by atoms with Crippen LogP contribution < -0.4 is 10.6 Å². The zero-order valence-electron chi connectivity index (χ0n) is 17.6. The van der Waals surface area contributed by atoms with E-state index < -0.39 is 0 Å². The fourth-order valence-electron chi connectivity index (χ4n) is 3.08. The lowest BCUT2D eigenvalue weighted by molar-refractivity contribution is -0.122. The molecule has 0 spiro atoms. The minimum atomic E-state index is 0.215. The van der Waals surface area contributed by atoms with Crippen molar-refractivity contribution in [3.05, 3.63) is 12.2 Å². The lowest BCUT2D eigenvalue weighted by atomic mass is 10.1. The van der Waals surface area contributed by atoms with E-state index >= 15 is 0 Å². The Morgan fingerprint density at radius 1 is 0.778 bits per heavy atom. The Bertz CT molecular complexity index is 417. The van der Waals surface area contributed by atoms with Crippen LogP contribution in [0.3, 0.4) is 0 Å². The minimum Gasteiger partial charge on any atom is -0.356 e. The summed E-state index contributed by atoms with van der Waals surface area (Å²) in [6.45, 7) is 2.98. The van der Waals surface area contributed by atoms with Gasteiger partial charge in [0.15, 0.2) is 0 Å². The van der Waals surface area contributed by atoms with Gasteiger partial charge >= 0.3 is 0 Å². The second-order valence-electron chi connectivity index (χ2n) is 7.92. The van der Waals surface area contributed by atoms with Crippen LogP contribution in [0.1, 0.15) is 110 Å². The molecule has 0 radical (unpaired) electrons. The molecule has 0 saturated heterocycles. The van der Waals surface area contributed by atoms with Crippen molar-refractivity contribution in [2.75, 3.05) is 6.54 Å². The third kappa shape index (κ3) is 16.6.